The van der Waals surface area contributed by atoms with Crippen LogP contribution in [0.5, 0.6) is 0 Å². The van der Waals surface area contributed by atoms with Crippen LogP contribution < -0.4 is 0 Å². The minimum atomic E-state index is -3.56. The summed E-state index contributed by atoms with van der Waals surface area (Å²) in [5.41, 5.74) is 0. The number of furan rings is 1. The van der Waals surface area contributed by atoms with Crippen molar-refractivity contribution >= 4 is 37.6 Å². The van der Waals surface area contributed by atoms with Crippen LogP contribution in [0.3, 0.4) is 0 Å². The van der Waals surface area contributed by atoms with Gasteiger partial charge in [-0.2, -0.15) is 4.31 Å². The van der Waals surface area contributed by atoms with Crippen LogP contribution in [-0.4, -0.2) is 25.8 Å². The Bertz CT molecular complexity index is 572. The lowest BCUT2D eigenvalue weighted by Crippen LogP contribution is -2.42. The molecule has 0 aromatic carbocycles. The van der Waals surface area contributed by atoms with Gasteiger partial charge >= 0.3 is 0 Å². The van der Waals surface area contributed by atoms with Crippen LogP contribution in [0.1, 0.15) is 38.4 Å². The standard InChI is InChI=1S/C13H19BrClNO3S/c1-9-5-3-4-6-11(9)16(2)20(17,18)12-7-10(8-15)19-13(12)14/h7,9,11H,3-6,8H2,1-2H3. The highest BCUT2D eigenvalue weighted by atomic mass is 79.9. The average molecular weight is 385 g/mol. The number of sulfonamides is 1. The van der Waals surface area contributed by atoms with E-state index in [0.29, 0.717) is 11.7 Å². The predicted molar refractivity (Wildman–Crippen MR) is 82.3 cm³/mol. The molecule has 1 fully saturated rings. The molecule has 114 valence electrons. The minimum Gasteiger partial charge on any atom is -0.452 e. The Morgan fingerprint density at radius 3 is 2.65 bits per heavy atom. The first-order valence-corrected chi connectivity index (χ1v) is 9.47. The fourth-order valence-electron chi connectivity index (χ4n) is 2.81. The molecule has 4 nitrogen and oxygen atoms in total. The van der Waals surface area contributed by atoms with Gasteiger partial charge in [0, 0.05) is 19.2 Å². The van der Waals surface area contributed by atoms with E-state index in [0.717, 1.165) is 19.3 Å². The number of rotatable bonds is 4. The van der Waals surface area contributed by atoms with Gasteiger partial charge in [0.2, 0.25) is 10.0 Å². The van der Waals surface area contributed by atoms with Crippen LogP contribution in [0.15, 0.2) is 20.0 Å². The van der Waals surface area contributed by atoms with Crippen molar-refractivity contribution in [3.8, 4) is 0 Å². The van der Waals surface area contributed by atoms with Gasteiger partial charge in [0.15, 0.2) is 4.67 Å². The van der Waals surface area contributed by atoms with Crippen molar-refractivity contribution in [2.75, 3.05) is 7.05 Å². The monoisotopic (exact) mass is 383 g/mol. The Kier molecular flexibility index (Phi) is 5.21. The van der Waals surface area contributed by atoms with E-state index < -0.39 is 10.0 Å². The molecule has 1 aromatic heterocycles. The van der Waals surface area contributed by atoms with Crippen LogP contribution in [-0.2, 0) is 15.9 Å². The second kappa shape index (κ2) is 6.38. The highest BCUT2D eigenvalue weighted by Gasteiger charge is 2.35. The van der Waals surface area contributed by atoms with Crippen LogP contribution in [0, 0.1) is 5.92 Å². The van der Waals surface area contributed by atoms with E-state index in [-0.39, 0.29) is 21.5 Å². The molecule has 0 bridgehead atoms. The SMILES string of the molecule is CC1CCCCC1N(C)S(=O)(=O)c1cc(CCl)oc1Br. The van der Waals surface area contributed by atoms with Crippen molar-refractivity contribution < 1.29 is 12.8 Å². The number of alkyl halides is 1. The molecule has 0 radical (unpaired) electrons. The molecule has 0 spiro atoms. The van der Waals surface area contributed by atoms with Crippen LogP contribution in [0.2, 0.25) is 0 Å². The molecule has 7 heteroatoms. The van der Waals surface area contributed by atoms with Crippen molar-refractivity contribution in [3.63, 3.8) is 0 Å². The highest BCUT2D eigenvalue weighted by molar-refractivity contribution is 9.10. The number of hydrogen-bond donors (Lipinski definition) is 0. The summed E-state index contributed by atoms with van der Waals surface area (Å²) in [6.07, 6.45) is 4.24. The van der Waals surface area contributed by atoms with E-state index in [2.05, 4.69) is 22.9 Å². The summed E-state index contributed by atoms with van der Waals surface area (Å²) < 4.78 is 32.4. The number of halogens is 2. The Hall–Kier alpha value is -0.0400. The van der Waals surface area contributed by atoms with E-state index in [1.807, 2.05) is 0 Å². The highest BCUT2D eigenvalue weighted by Crippen LogP contribution is 2.34. The summed E-state index contributed by atoms with van der Waals surface area (Å²) in [7, 11) is -1.90. The van der Waals surface area contributed by atoms with Gasteiger partial charge in [-0.1, -0.05) is 19.8 Å². The largest absolute Gasteiger partial charge is 0.452 e. The maximum absolute atomic E-state index is 12.7. The topological polar surface area (TPSA) is 50.5 Å². The molecule has 1 heterocycles. The summed E-state index contributed by atoms with van der Waals surface area (Å²) >= 11 is 8.86. The quantitative estimate of drug-likeness (QED) is 0.738. The van der Waals surface area contributed by atoms with Gasteiger partial charge in [0.05, 0.1) is 5.88 Å². The molecular weight excluding hydrogens is 366 g/mol. The second-order valence-electron chi connectivity index (χ2n) is 5.33. The summed E-state index contributed by atoms with van der Waals surface area (Å²) in [4.78, 5) is 0.161. The maximum atomic E-state index is 12.7. The van der Waals surface area contributed by atoms with E-state index in [9.17, 15) is 8.42 Å². The van der Waals surface area contributed by atoms with Gasteiger partial charge in [-0.15, -0.1) is 11.6 Å². The first-order valence-electron chi connectivity index (χ1n) is 6.70. The van der Waals surface area contributed by atoms with Gasteiger partial charge in [-0.3, -0.25) is 0 Å². The smallest absolute Gasteiger partial charge is 0.247 e. The number of nitrogens with zero attached hydrogens (tertiary/aromatic N) is 1. The van der Waals surface area contributed by atoms with Gasteiger partial charge in [0.1, 0.15) is 10.7 Å². The lowest BCUT2D eigenvalue weighted by atomic mass is 9.86. The van der Waals surface area contributed by atoms with Crippen molar-refractivity contribution in [2.24, 2.45) is 5.92 Å². The van der Waals surface area contributed by atoms with Crippen LogP contribution in [0.4, 0.5) is 0 Å². The van der Waals surface area contributed by atoms with Crippen LogP contribution >= 0.6 is 27.5 Å². The molecule has 1 aliphatic rings. The van der Waals surface area contributed by atoms with E-state index >= 15 is 0 Å². The maximum Gasteiger partial charge on any atom is 0.247 e. The van der Waals surface area contributed by atoms with Gasteiger partial charge in [-0.05, 0) is 34.7 Å². The van der Waals surface area contributed by atoms with Gasteiger partial charge in [-0.25, -0.2) is 8.42 Å². The summed E-state index contributed by atoms with van der Waals surface area (Å²) in [5.74, 6) is 0.974. The zero-order valence-corrected chi connectivity index (χ0v) is 14.8. The molecule has 0 amide bonds. The molecule has 0 N–H and O–H groups in total. The molecule has 2 atom stereocenters. The summed E-state index contributed by atoms with van der Waals surface area (Å²) in [6, 6.07) is 1.55. The molecule has 2 rings (SSSR count). The van der Waals surface area contributed by atoms with Crippen molar-refractivity contribution in [1.82, 2.24) is 4.31 Å². The first-order chi connectivity index (χ1) is 9.37. The summed E-state index contributed by atoms with van der Waals surface area (Å²) in [6.45, 7) is 2.12. The minimum absolute atomic E-state index is 0.0509. The predicted octanol–water partition coefficient (Wildman–Crippen LogP) is 3.98. The fraction of sp³-hybridized carbons (Fsp3) is 0.692. The third-order valence-electron chi connectivity index (χ3n) is 4.03. The third kappa shape index (κ3) is 3.08. The molecule has 0 saturated heterocycles. The van der Waals surface area contributed by atoms with Crippen molar-refractivity contribution in [2.45, 2.75) is 49.4 Å². The normalized spacial score (nSPS) is 24.2. The molecule has 1 saturated carbocycles. The zero-order chi connectivity index (χ0) is 14.9. The fourth-order valence-corrected chi connectivity index (χ4v) is 5.38. The molecule has 2 unspecified atom stereocenters. The van der Waals surface area contributed by atoms with Gasteiger partial charge < -0.3 is 4.42 Å². The molecular formula is C13H19BrClNO3S. The Morgan fingerprint density at radius 2 is 2.10 bits per heavy atom. The second-order valence-corrected chi connectivity index (χ2v) is 8.29. The summed E-state index contributed by atoms with van der Waals surface area (Å²) in [5, 5.41) is 0. The van der Waals surface area contributed by atoms with Crippen molar-refractivity contribution in [3.05, 3.63) is 16.5 Å². The van der Waals surface area contributed by atoms with Crippen LogP contribution in [0.25, 0.3) is 0 Å². The van der Waals surface area contributed by atoms with E-state index in [1.54, 1.807) is 7.05 Å². The zero-order valence-electron chi connectivity index (χ0n) is 11.6. The van der Waals surface area contributed by atoms with Gasteiger partial charge in [0.25, 0.3) is 0 Å². The van der Waals surface area contributed by atoms with E-state index in [4.69, 9.17) is 16.0 Å². The lowest BCUT2D eigenvalue weighted by Gasteiger charge is -2.35. The molecule has 1 aliphatic carbocycles. The molecule has 1 aromatic rings. The lowest BCUT2D eigenvalue weighted by molar-refractivity contribution is 0.213. The molecule has 0 aliphatic heterocycles. The van der Waals surface area contributed by atoms with Crippen molar-refractivity contribution in [1.29, 1.82) is 0 Å². The Morgan fingerprint density at radius 1 is 1.45 bits per heavy atom. The Balaban J connectivity index is 2.31. The molecule has 20 heavy (non-hydrogen) atoms. The Labute approximate surface area is 133 Å². The average Bonchev–Trinajstić information content (AvgIpc) is 2.80. The number of hydrogen-bond acceptors (Lipinski definition) is 3. The van der Waals surface area contributed by atoms with E-state index in [1.165, 1.54) is 16.8 Å². The first kappa shape index (κ1) is 16.3. The third-order valence-corrected chi connectivity index (χ3v) is 7.03.